The summed E-state index contributed by atoms with van der Waals surface area (Å²) in [5, 5.41) is 18.8. The highest BCUT2D eigenvalue weighted by Gasteiger charge is 2.21. The van der Waals surface area contributed by atoms with Crippen molar-refractivity contribution in [1.29, 1.82) is 0 Å². The lowest BCUT2D eigenvalue weighted by Gasteiger charge is -2.05. The third-order valence-corrected chi connectivity index (χ3v) is 3.46. The molecule has 7 nitrogen and oxygen atoms in total. The highest BCUT2D eigenvalue weighted by Crippen LogP contribution is 2.28. The lowest BCUT2D eigenvalue weighted by molar-refractivity contribution is 0.442. The Hall–Kier alpha value is -1.16. The van der Waals surface area contributed by atoms with Crippen molar-refractivity contribution in [3.8, 4) is 5.75 Å². The van der Waals surface area contributed by atoms with Crippen molar-refractivity contribution in [3.05, 3.63) is 18.2 Å². The van der Waals surface area contributed by atoms with Crippen LogP contribution in [0.2, 0.25) is 0 Å². The maximum Gasteiger partial charge on any atom is 0.241 e. The fourth-order valence-corrected chi connectivity index (χ4v) is 2.32. The molecule has 0 aliphatic heterocycles. The Balaban J connectivity index is 3.65. The first-order valence-corrected chi connectivity index (χ1v) is 6.61. The Morgan fingerprint density at radius 1 is 0.933 bits per heavy atom. The molecule has 1 rings (SSSR count). The average Bonchev–Trinajstić information content (AvgIpc) is 1.99. The zero-order chi connectivity index (χ0) is 11.9. The predicted octanol–water partition coefficient (Wildman–Crippen LogP) is -1.31. The van der Waals surface area contributed by atoms with Gasteiger partial charge in [-0.2, -0.15) is 0 Å². The van der Waals surface area contributed by atoms with Gasteiger partial charge in [-0.1, -0.05) is 6.07 Å². The highest BCUT2D eigenvalue weighted by atomic mass is 32.2. The van der Waals surface area contributed by atoms with Crippen molar-refractivity contribution in [2.75, 3.05) is 0 Å². The third-order valence-electron chi connectivity index (χ3n) is 1.58. The van der Waals surface area contributed by atoms with Crippen LogP contribution >= 0.6 is 0 Å². The summed E-state index contributed by atoms with van der Waals surface area (Å²) >= 11 is 0. The van der Waals surface area contributed by atoms with Gasteiger partial charge in [0.1, 0.15) is 9.79 Å². The normalized spacial score (nSPS) is 12.7. The summed E-state index contributed by atoms with van der Waals surface area (Å²) in [4.78, 5) is -1.37. The smallest absolute Gasteiger partial charge is 0.241 e. The van der Waals surface area contributed by atoms with Crippen LogP contribution in [-0.4, -0.2) is 21.9 Å². The number of aromatic hydroxyl groups is 1. The number of para-hydroxylation sites is 1. The molecule has 0 spiro atoms. The maximum atomic E-state index is 10.9. The van der Waals surface area contributed by atoms with E-state index in [4.69, 9.17) is 10.3 Å². The summed E-state index contributed by atoms with van der Waals surface area (Å²) in [7, 11) is -8.37. The Bertz CT molecular complexity index is 540. The van der Waals surface area contributed by atoms with Crippen molar-refractivity contribution < 1.29 is 21.9 Å². The molecule has 0 aliphatic carbocycles. The molecule has 0 saturated carbocycles. The predicted molar refractivity (Wildman–Crippen MR) is 50.9 cm³/mol. The summed E-state index contributed by atoms with van der Waals surface area (Å²) in [6, 6.07) is 3.05. The van der Waals surface area contributed by atoms with E-state index >= 15 is 0 Å². The lowest BCUT2D eigenvalue weighted by Crippen LogP contribution is -2.16. The fraction of sp³-hybridized carbons (Fsp3) is 0. The zero-order valence-corrected chi connectivity index (χ0v) is 8.92. The number of phenolic OH excluding ortho intramolecular Hbond substituents is 1. The fourth-order valence-electron chi connectivity index (χ4n) is 0.961. The summed E-state index contributed by atoms with van der Waals surface area (Å²) in [6.07, 6.45) is 0. The van der Waals surface area contributed by atoms with Crippen molar-refractivity contribution in [1.82, 2.24) is 0 Å². The van der Waals surface area contributed by atoms with Crippen molar-refractivity contribution in [3.63, 3.8) is 0 Å². The van der Waals surface area contributed by atoms with Crippen molar-refractivity contribution in [2.24, 2.45) is 10.3 Å². The Morgan fingerprint density at radius 3 is 1.53 bits per heavy atom. The molecule has 0 aliphatic rings. The number of hydrogen-bond donors (Lipinski definition) is 3. The summed E-state index contributed by atoms with van der Waals surface area (Å²) < 4.78 is 43.7. The summed E-state index contributed by atoms with van der Waals surface area (Å²) in [5.41, 5.74) is 0. The molecule has 0 heterocycles. The molecule has 1 aromatic carbocycles. The molecule has 0 radical (unpaired) electrons. The molecule has 0 amide bonds. The minimum absolute atomic E-state index is 0.686. The maximum absolute atomic E-state index is 10.9. The van der Waals surface area contributed by atoms with Crippen LogP contribution in [0.15, 0.2) is 28.0 Å². The number of phenols is 1. The van der Waals surface area contributed by atoms with Gasteiger partial charge in [-0.15, -0.1) is 0 Å². The second-order valence-corrected chi connectivity index (χ2v) is 5.75. The van der Waals surface area contributed by atoms with E-state index in [0.29, 0.717) is 0 Å². The molecule has 5 N–H and O–H groups in total. The van der Waals surface area contributed by atoms with Gasteiger partial charge >= 0.3 is 0 Å². The Kier molecular flexibility index (Phi) is 2.74. The van der Waals surface area contributed by atoms with Gasteiger partial charge in [0, 0.05) is 0 Å². The molecule has 0 bridgehead atoms. The average molecular weight is 252 g/mol. The number of rotatable bonds is 2. The van der Waals surface area contributed by atoms with Crippen LogP contribution in [0.5, 0.6) is 5.75 Å². The third kappa shape index (κ3) is 2.45. The highest BCUT2D eigenvalue weighted by molar-refractivity contribution is 7.90. The van der Waals surface area contributed by atoms with Crippen LogP contribution in [0.4, 0.5) is 0 Å². The van der Waals surface area contributed by atoms with Crippen LogP contribution < -0.4 is 10.3 Å². The van der Waals surface area contributed by atoms with E-state index in [-0.39, 0.29) is 0 Å². The van der Waals surface area contributed by atoms with E-state index in [0.717, 1.165) is 18.2 Å². The molecule has 84 valence electrons. The largest absolute Gasteiger partial charge is 0.505 e. The van der Waals surface area contributed by atoms with Gasteiger partial charge in [-0.25, -0.2) is 27.1 Å². The lowest BCUT2D eigenvalue weighted by atomic mass is 10.3. The van der Waals surface area contributed by atoms with Crippen LogP contribution in [0, 0.1) is 0 Å². The Labute approximate surface area is 86.4 Å². The van der Waals surface area contributed by atoms with E-state index in [1.807, 2.05) is 0 Å². The van der Waals surface area contributed by atoms with Crippen LogP contribution in [0.25, 0.3) is 0 Å². The van der Waals surface area contributed by atoms with E-state index in [9.17, 15) is 21.9 Å². The first-order chi connectivity index (χ1) is 6.64. The van der Waals surface area contributed by atoms with Gasteiger partial charge in [-0.05, 0) is 12.1 Å². The molecule has 0 aromatic heterocycles. The van der Waals surface area contributed by atoms with Crippen LogP contribution in [-0.2, 0) is 20.0 Å². The van der Waals surface area contributed by atoms with Gasteiger partial charge in [0.05, 0.1) is 0 Å². The number of benzene rings is 1. The monoisotopic (exact) mass is 252 g/mol. The number of nitrogens with two attached hydrogens (primary N) is 2. The minimum Gasteiger partial charge on any atom is -0.505 e. The standard InChI is InChI=1S/C6H8N2O5S2/c7-14(10,11)4-2-1-3-5(6(4)9)15(8,12)13/h1-3,9H,(H2,7,10,11)(H2,8,12,13). The SMILES string of the molecule is NS(=O)(=O)c1cccc(S(N)(=O)=O)c1O. The minimum atomic E-state index is -4.19. The first-order valence-electron chi connectivity index (χ1n) is 3.51. The van der Waals surface area contributed by atoms with Crippen LogP contribution in [0.1, 0.15) is 0 Å². The molecule has 1 aromatic rings. The molecule has 15 heavy (non-hydrogen) atoms. The zero-order valence-electron chi connectivity index (χ0n) is 7.28. The van der Waals surface area contributed by atoms with Crippen molar-refractivity contribution in [2.45, 2.75) is 9.79 Å². The number of sulfonamides is 2. The second kappa shape index (κ2) is 3.45. The van der Waals surface area contributed by atoms with Crippen molar-refractivity contribution >= 4 is 20.0 Å². The second-order valence-electron chi connectivity index (χ2n) is 2.69. The van der Waals surface area contributed by atoms with Gasteiger partial charge in [0.15, 0.2) is 5.75 Å². The summed E-state index contributed by atoms with van der Waals surface area (Å²) in [5.74, 6) is -0.970. The molecule has 0 fully saturated rings. The topological polar surface area (TPSA) is 141 Å². The van der Waals surface area contributed by atoms with Gasteiger partial charge in [0.2, 0.25) is 20.0 Å². The molecular weight excluding hydrogens is 244 g/mol. The van der Waals surface area contributed by atoms with E-state index in [2.05, 4.69) is 0 Å². The van der Waals surface area contributed by atoms with Gasteiger partial charge in [0.25, 0.3) is 0 Å². The molecule has 0 atom stereocenters. The van der Waals surface area contributed by atoms with E-state index in [1.165, 1.54) is 0 Å². The summed E-state index contributed by atoms with van der Waals surface area (Å²) in [6.45, 7) is 0. The number of primary sulfonamides is 2. The number of hydrogen-bond acceptors (Lipinski definition) is 5. The van der Waals surface area contributed by atoms with E-state index < -0.39 is 35.6 Å². The molecule has 0 unspecified atom stereocenters. The van der Waals surface area contributed by atoms with E-state index in [1.54, 1.807) is 0 Å². The Morgan fingerprint density at radius 2 is 1.27 bits per heavy atom. The quantitative estimate of drug-likeness (QED) is 0.599. The first kappa shape index (κ1) is 11.9. The molecule has 9 heteroatoms. The molecular formula is C6H8N2O5S2. The van der Waals surface area contributed by atoms with Crippen LogP contribution in [0.3, 0.4) is 0 Å². The molecule has 0 saturated heterocycles. The van der Waals surface area contributed by atoms with Gasteiger partial charge < -0.3 is 5.11 Å². The van der Waals surface area contributed by atoms with Gasteiger partial charge in [-0.3, -0.25) is 0 Å².